The summed E-state index contributed by atoms with van der Waals surface area (Å²) in [4.78, 5) is 12.9. The summed E-state index contributed by atoms with van der Waals surface area (Å²) in [5, 5.41) is 19.1. The average Bonchev–Trinajstić information content (AvgIpc) is 3.20. The molecule has 3 aromatic rings. The minimum absolute atomic E-state index is 0.0439. The molecule has 32 heavy (non-hydrogen) atoms. The Morgan fingerprint density at radius 1 is 1.06 bits per heavy atom. The highest BCUT2D eigenvalue weighted by Crippen LogP contribution is 2.67. The van der Waals surface area contributed by atoms with E-state index >= 15 is 0 Å². The van der Waals surface area contributed by atoms with Crippen LogP contribution in [0.4, 0.5) is 0 Å². The number of aromatic nitrogens is 1. The molecular formula is C24H20Cl2N2O4. The SMILES string of the molecule is O=C(NC12CC(c3cc(-c4ccc(Cl)cc4)on3)(C1)C2)[C@H]1C[C@@H](O)c2cc(Cl)ccc2O1. The van der Waals surface area contributed by atoms with Crippen LogP contribution < -0.4 is 10.1 Å². The Morgan fingerprint density at radius 2 is 1.78 bits per heavy atom. The summed E-state index contributed by atoms with van der Waals surface area (Å²) in [6.45, 7) is 0. The second-order valence-electron chi connectivity index (χ2n) is 9.20. The Morgan fingerprint density at radius 3 is 2.53 bits per heavy atom. The van der Waals surface area contributed by atoms with Gasteiger partial charge >= 0.3 is 0 Å². The average molecular weight is 471 g/mol. The lowest BCUT2D eigenvalue weighted by atomic mass is 9.38. The van der Waals surface area contributed by atoms with Gasteiger partial charge in [0.25, 0.3) is 5.91 Å². The van der Waals surface area contributed by atoms with Crippen LogP contribution >= 0.6 is 23.2 Å². The third-order valence-electron chi connectivity index (χ3n) is 6.93. The number of halogens is 2. The number of ether oxygens (including phenoxy) is 1. The van der Waals surface area contributed by atoms with Crippen molar-refractivity contribution in [2.45, 2.75) is 48.8 Å². The number of amides is 1. The number of carbonyl (C=O) groups excluding carboxylic acids is 1. The topological polar surface area (TPSA) is 84.6 Å². The number of nitrogens with zero attached hydrogens (tertiary/aromatic N) is 1. The Bertz CT molecular complexity index is 1200. The lowest BCUT2D eigenvalue weighted by molar-refractivity contribution is -0.147. The Hall–Kier alpha value is -2.54. The predicted octanol–water partition coefficient (Wildman–Crippen LogP) is 4.82. The number of nitrogens with one attached hydrogen (secondary N) is 1. The second-order valence-corrected chi connectivity index (χ2v) is 10.1. The van der Waals surface area contributed by atoms with Gasteiger partial charge in [0.15, 0.2) is 11.9 Å². The summed E-state index contributed by atoms with van der Waals surface area (Å²) >= 11 is 12.0. The molecule has 0 spiro atoms. The number of aliphatic hydroxyl groups is 1. The van der Waals surface area contributed by atoms with Gasteiger partial charge in [0, 0.05) is 44.6 Å². The van der Waals surface area contributed by atoms with Crippen LogP contribution in [0.1, 0.15) is 43.0 Å². The highest BCUT2D eigenvalue weighted by molar-refractivity contribution is 6.31. The molecule has 0 radical (unpaired) electrons. The summed E-state index contributed by atoms with van der Waals surface area (Å²) < 4.78 is 11.4. The summed E-state index contributed by atoms with van der Waals surface area (Å²) in [6.07, 6.45) is 1.15. The van der Waals surface area contributed by atoms with Gasteiger partial charge in [0.05, 0.1) is 11.8 Å². The highest BCUT2D eigenvalue weighted by Gasteiger charge is 2.70. The summed E-state index contributed by atoms with van der Waals surface area (Å²) in [7, 11) is 0. The van der Waals surface area contributed by atoms with Gasteiger partial charge in [0.1, 0.15) is 5.75 Å². The lowest BCUT2D eigenvalue weighted by Gasteiger charge is -2.69. The first-order chi connectivity index (χ1) is 15.3. The molecule has 2 aromatic carbocycles. The van der Waals surface area contributed by atoms with Crippen LogP contribution in [0.25, 0.3) is 11.3 Å². The zero-order valence-electron chi connectivity index (χ0n) is 17.0. The number of carbonyl (C=O) groups is 1. The number of benzene rings is 2. The molecular weight excluding hydrogens is 451 g/mol. The quantitative estimate of drug-likeness (QED) is 0.570. The molecule has 3 fully saturated rings. The van der Waals surface area contributed by atoms with E-state index in [9.17, 15) is 9.90 Å². The maximum Gasteiger partial charge on any atom is 0.261 e. The van der Waals surface area contributed by atoms with Gasteiger partial charge < -0.3 is 19.7 Å². The van der Waals surface area contributed by atoms with Crippen LogP contribution in [0, 0.1) is 0 Å². The van der Waals surface area contributed by atoms with Crippen molar-refractivity contribution < 1.29 is 19.2 Å². The largest absolute Gasteiger partial charge is 0.480 e. The van der Waals surface area contributed by atoms with Crippen molar-refractivity contribution in [2.75, 3.05) is 0 Å². The van der Waals surface area contributed by atoms with E-state index in [1.807, 2.05) is 30.3 Å². The first kappa shape index (κ1) is 20.1. The van der Waals surface area contributed by atoms with Crippen LogP contribution in [0.3, 0.4) is 0 Å². The molecule has 164 valence electrons. The Balaban J connectivity index is 1.10. The van der Waals surface area contributed by atoms with Crippen molar-refractivity contribution in [3.63, 3.8) is 0 Å². The third-order valence-corrected chi connectivity index (χ3v) is 7.42. The smallest absolute Gasteiger partial charge is 0.261 e. The van der Waals surface area contributed by atoms with E-state index in [0.29, 0.717) is 27.1 Å². The molecule has 3 saturated carbocycles. The van der Waals surface area contributed by atoms with Gasteiger partial charge in [-0.05, 0) is 61.7 Å². The van der Waals surface area contributed by atoms with Crippen LogP contribution in [-0.2, 0) is 10.2 Å². The lowest BCUT2D eigenvalue weighted by Crippen LogP contribution is -2.77. The third kappa shape index (κ3) is 3.12. The zero-order chi connectivity index (χ0) is 22.1. The molecule has 1 aliphatic heterocycles. The maximum absolute atomic E-state index is 12.9. The normalized spacial score (nSPS) is 29.8. The highest BCUT2D eigenvalue weighted by atomic mass is 35.5. The summed E-state index contributed by atoms with van der Waals surface area (Å²) in [5.41, 5.74) is 2.20. The monoisotopic (exact) mass is 470 g/mol. The van der Waals surface area contributed by atoms with Gasteiger partial charge in [-0.25, -0.2) is 0 Å². The minimum Gasteiger partial charge on any atom is -0.480 e. The maximum atomic E-state index is 12.9. The number of hydrogen-bond acceptors (Lipinski definition) is 5. The molecule has 6 nitrogen and oxygen atoms in total. The number of fused-ring (bicyclic) bond motifs is 1. The fourth-order valence-corrected chi connectivity index (χ4v) is 5.69. The van der Waals surface area contributed by atoms with Crippen molar-refractivity contribution in [2.24, 2.45) is 0 Å². The molecule has 4 aliphatic rings. The van der Waals surface area contributed by atoms with Crippen LogP contribution in [0.5, 0.6) is 5.75 Å². The van der Waals surface area contributed by atoms with Crippen molar-refractivity contribution in [3.8, 4) is 17.1 Å². The van der Waals surface area contributed by atoms with E-state index in [2.05, 4.69) is 10.5 Å². The number of aliphatic hydroxyl groups excluding tert-OH is 1. The first-order valence-electron chi connectivity index (χ1n) is 10.5. The minimum atomic E-state index is -0.783. The number of rotatable bonds is 4. The van der Waals surface area contributed by atoms with E-state index in [1.54, 1.807) is 18.2 Å². The van der Waals surface area contributed by atoms with Gasteiger partial charge in [-0.1, -0.05) is 28.4 Å². The molecule has 2 N–H and O–H groups in total. The van der Waals surface area contributed by atoms with Crippen molar-refractivity contribution in [1.82, 2.24) is 10.5 Å². The number of hydrogen-bond donors (Lipinski definition) is 2. The Labute approximate surface area is 194 Å². The van der Waals surface area contributed by atoms with Crippen molar-refractivity contribution in [3.05, 3.63) is 69.8 Å². The van der Waals surface area contributed by atoms with Crippen molar-refractivity contribution in [1.29, 1.82) is 0 Å². The molecule has 2 heterocycles. The molecule has 1 aromatic heterocycles. The van der Waals surface area contributed by atoms with Crippen LogP contribution in [0.15, 0.2) is 53.1 Å². The van der Waals surface area contributed by atoms with Gasteiger partial charge in [-0.3, -0.25) is 4.79 Å². The van der Waals surface area contributed by atoms with E-state index in [0.717, 1.165) is 30.5 Å². The Kier molecular flexibility index (Phi) is 4.38. The molecule has 1 amide bonds. The zero-order valence-corrected chi connectivity index (χ0v) is 18.5. The second kappa shape index (κ2) is 6.98. The van der Waals surface area contributed by atoms with E-state index in [-0.39, 0.29) is 23.3 Å². The summed E-state index contributed by atoms with van der Waals surface area (Å²) in [6, 6.07) is 14.5. The molecule has 3 aliphatic carbocycles. The first-order valence-corrected chi connectivity index (χ1v) is 11.3. The van der Waals surface area contributed by atoms with E-state index in [4.69, 9.17) is 32.5 Å². The van der Waals surface area contributed by atoms with Crippen LogP contribution in [-0.4, -0.2) is 27.8 Å². The van der Waals surface area contributed by atoms with Gasteiger partial charge in [-0.2, -0.15) is 0 Å². The van der Waals surface area contributed by atoms with Crippen LogP contribution in [0.2, 0.25) is 10.0 Å². The van der Waals surface area contributed by atoms with E-state index < -0.39 is 12.2 Å². The fourth-order valence-electron chi connectivity index (χ4n) is 5.39. The van der Waals surface area contributed by atoms with Crippen molar-refractivity contribution >= 4 is 29.1 Å². The molecule has 2 bridgehead atoms. The molecule has 2 atom stereocenters. The molecule has 0 saturated heterocycles. The van der Waals surface area contributed by atoms with Gasteiger partial charge in [0.2, 0.25) is 0 Å². The van der Waals surface area contributed by atoms with Gasteiger partial charge in [-0.15, -0.1) is 0 Å². The molecule has 0 unspecified atom stereocenters. The standard InChI is InChI=1S/C24H20Cl2N2O4/c25-14-3-1-13(2-4-14)19-9-21(28-32-19)23-10-24(11-23,12-23)27-22(30)20-8-17(29)16-7-15(26)5-6-18(16)31-20/h1-7,9,17,20,29H,8,10-12H2,(H,27,30)/t17-,20-,23?,24?/m1/s1. The molecule has 7 rings (SSSR count). The summed E-state index contributed by atoms with van der Waals surface area (Å²) in [5.74, 6) is 1.02. The molecule has 8 heteroatoms. The van der Waals surface area contributed by atoms with E-state index in [1.165, 1.54) is 0 Å². The predicted molar refractivity (Wildman–Crippen MR) is 119 cm³/mol. The fraction of sp³-hybridized carbons (Fsp3) is 0.333.